The van der Waals surface area contributed by atoms with Crippen LogP contribution < -0.4 is 4.90 Å². The lowest BCUT2D eigenvalue weighted by molar-refractivity contribution is 0.199. The predicted molar refractivity (Wildman–Crippen MR) is 70.7 cm³/mol. The summed E-state index contributed by atoms with van der Waals surface area (Å²) in [5.41, 5.74) is 0. The third-order valence-corrected chi connectivity index (χ3v) is 3.48. The number of piperazine rings is 1. The lowest BCUT2D eigenvalue weighted by atomic mass is 10.2. The standard InChI is InChI=1S/C12H19ClN4/c1-4-16-5-6-17(8-9(16)2)12-7-11(13)14-10(3)15-12/h7,9H,4-6,8H2,1-3H3. The first-order valence-corrected chi connectivity index (χ1v) is 6.48. The van der Waals surface area contributed by atoms with E-state index < -0.39 is 0 Å². The first-order valence-electron chi connectivity index (χ1n) is 6.10. The van der Waals surface area contributed by atoms with Gasteiger partial charge in [-0.05, 0) is 20.4 Å². The van der Waals surface area contributed by atoms with Gasteiger partial charge in [-0.3, -0.25) is 4.90 Å². The number of aryl methyl sites for hydroxylation is 1. The Morgan fingerprint density at radius 1 is 1.41 bits per heavy atom. The second kappa shape index (κ2) is 5.19. The molecule has 1 atom stereocenters. The summed E-state index contributed by atoms with van der Waals surface area (Å²) in [6.45, 7) is 10.5. The van der Waals surface area contributed by atoms with Crippen LogP contribution in [0.1, 0.15) is 19.7 Å². The third kappa shape index (κ3) is 2.87. The summed E-state index contributed by atoms with van der Waals surface area (Å²) < 4.78 is 0. The first kappa shape index (κ1) is 12.6. The van der Waals surface area contributed by atoms with E-state index in [1.165, 1.54) is 0 Å². The molecule has 1 unspecified atom stereocenters. The van der Waals surface area contributed by atoms with Crippen LogP contribution in [0.5, 0.6) is 0 Å². The van der Waals surface area contributed by atoms with Crippen molar-refractivity contribution < 1.29 is 0 Å². The molecule has 0 spiro atoms. The van der Waals surface area contributed by atoms with E-state index >= 15 is 0 Å². The molecule has 1 saturated heterocycles. The van der Waals surface area contributed by atoms with E-state index in [1.807, 2.05) is 13.0 Å². The molecule has 1 fully saturated rings. The fraction of sp³-hybridized carbons (Fsp3) is 0.667. The zero-order chi connectivity index (χ0) is 12.4. The summed E-state index contributed by atoms with van der Waals surface area (Å²) in [5, 5.41) is 0.526. The van der Waals surface area contributed by atoms with Gasteiger partial charge in [0.25, 0.3) is 0 Å². The van der Waals surface area contributed by atoms with Gasteiger partial charge in [-0.1, -0.05) is 18.5 Å². The zero-order valence-electron chi connectivity index (χ0n) is 10.6. The SMILES string of the molecule is CCN1CCN(c2cc(Cl)nc(C)n2)CC1C. The average molecular weight is 255 g/mol. The maximum atomic E-state index is 5.97. The fourth-order valence-corrected chi connectivity index (χ4v) is 2.57. The summed E-state index contributed by atoms with van der Waals surface area (Å²) in [6, 6.07) is 2.41. The van der Waals surface area contributed by atoms with Crippen molar-refractivity contribution in [2.45, 2.75) is 26.8 Å². The molecule has 94 valence electrons. The first-order chi connectivity index (χ1) is 8.10. The Hall–Kier alpha value is -0.870. The van der Waals surface area contributed by atoms with Gasteiger partial charge in [0.2, 0.25) is 0 Å². The molecule has 1 aliphatic heterocycles. The molecule has 1 aromatic heterocycles. The van der Waals surface area contributed by atoms with Crippen molar-refractivity contribution >= 4 is 17.4 Å². The van der Waals surface area contributed by atoms with E-state index in [-0.39, 0.29) is 0 Å². The molecule has 1 aromatic rings. The van der Waals surface area contributed by atoms with Crippen molar-refractivity contribution in [2.24, 2.45) is 0 Å². The van der Waals surface area contributed by atoms with Gasteiger partial charge < -0.3 is 4.90 Å². The van der Waals surface area contributed by atoms with E-state index in [2.05, 4.69) is 33.6 Å². The summed E-state index contributed by atoms with van der Waals surface area (Å²) in [6.07, 6.45) is 0. The van der Waals surface area contributed by atoms with Crippen molar-refractivity contribution in [2.75, 3.05) is 31.1 Å². The number of hydrogen-bond acceptors (Lipinski definition) is 4. The molecule has 4 nitrogen and oxygen atoms in total. The summed E-state index contributed by atoms with van der Waals surface area (Å²) in [4.78, 5) is 13.3. The van der Waals surface area contributed by atoms with Crippen LogP contribution in [-0.4, -0.2) is 47.1 Å². The molecule has 0 amide bonds. The number of likely N-dealkylation sites (N-methyl/N-ethyl adjacent to an activating group) is 1. The summed E-state index contributed by atoms with van der Waals surface area (Å²) in [5.74, 6) is 1.68. The maximum absolute atomic E-state index is 5.97. The minimum atomic E-state index is 0.526. The number of aromatic nitrogens is 2. The van der Waals surface area contributed by atoms with Gasteiger partial charge in [0.05, 0.1) is 0 Å². The number of halogens is 1. The van der Waals surface area contributed by atoms with Crippen molar-refractivity contribution in [3.05, 3.63) is 17.0 Å². The molecule has 0 aliphatic carbocycles. The highest BCUT2D eigenvalue weighted by Gasteiger charge is 2.23. The van der Waals surface area contributed by atoms with E-state index in [4.69, 9.17) is 11.6 Å². The lowest BCUT2D eigenvalue weighted by Crippen LogP contribution is -2.52. The van der Waals surface area contributed by atoms with Crippen molar-refractivity contribution in [3.63, 3.8) is 0 Å². The molecule has 0 radical (unpaired) electrons. The van der Waals surface area contributed by atoms with Gasteiger partial charge >= 0.3 is 0 Å². The van der Waals surface area contributed by atoms with E-state index in [0.29, 0.717) is 11.2 Å². The largest absolute Gasteiger partial charge is 0.354 e. The Bertz CT molecular complexity index is 376. The van der Waals surface area contributed by atoms with Crippen LogP contribution >= 0.6 is 11.6 Å². The van der Waals surface area contributed by atoms with Crippen LogP contribution in [-0.2, 0) is 0 Å². The van der Waals surface area contributed by atoms with E-state index in [1.54, 1.807) is 0 Å². The average Bonchev–Trinajstić information content (AvgIpc) is 2.27. The van der Waals surface area contributed by atoms with Crippen molar-refractivity contribution in [1.82, 2.24) is 14.9 Å². The number of hydrogen-bond donors (Lipinski definition) is 0. The molecule has 0 saturated carbocycles. The van der Waals surface area contributed by atoms with Gasteiger partial charge in [0.1, 0.15) is 16.8 Å². The Morgan fingerprint density at radius 2 is 2.18 bits per heavy atom. The van der Waals surface area contributed by atoms with E-state index in [9.17, 15) is 0 Å². The molecular formula is C12H19ClN4. The Balaban J connectivity index is 2.13. The predicted octanol–water partition coefficient (Wildman–Crippen LogP) is 1.97. The van der Waals surface area contributed by atoms with Crippen LogP contribution in [0.25, 0.3) is 0 Å². The van der Waals surface area contributed by atoms with Gasteiger partial charge in [0.15, 0.2) is 0 Å². The van der Waals surface area contributed by atoms with Crippen LogP contribution in [0.3, 0.4) is 0 Å². The monoisotopic (exact) mass is 254 g/mol. The Labute approximate surface area is 108 Å². The lowest BCUT2D eigenvalue weighted by Gasteiger charge is -2.39. The van der Waals surface area contributed by atoms with Gasteiger partial charge in [0, 0.05) is 31.7 Å². The molecule has 17 heavy (non-hydrogen) atoms. The molecule has 2 heterocycles. The van der Waals surface area contributed by atoms with Crippen molar-refractivity contribution in [3.8, 4) is 0 Å². The van der Waals surface area contributed by atoms with Gasteiger partial charge in [-0.2, -0.15) is 0 Å². The highest BCUT2D eigenvalue weighted by atomic mass is 35.5. The minimum Gasteiger partial charge on any atom is -0.354 e. The second-order valence-electron chi connectivity index (χ2n) is 4.52. The molecule has 0 N–H and O–H groups in total. The third-order valence-electron chi connectivity index (χ3n) is 3.29. The molecule has 1 aliphatic rings. The number of nitrogens with zero attached hydrogens (tertiary/aromatic N) is 4. The topological polar surface area (TPSA) is 32.3 Å². The number of anilines is 1. The molecule has 0 aromatic carbocycles. The fourth-order valence-electron chi connectivity index (χ4n) is 2.35. The second-order valence-corrected chi connectivity index (χ2v) is 4.91. The highest BCUT2D eigenvalue weighted by molar-refractivity contribution is 6.29. The van der Waals surface area contributed by atoms with Crippen molar-refractivity contribution in [1.29, 1.82) is 0 Å². The molecule has 5 heteroatoms. The van der Waals surface area contributed by atoms with Crippen LogP contribution in [0.15, 0.2) is 6.07 Å². The van der Waals surface area contributed by atoms with Crippen LogP contribution in [0, 0.1) is 6.92 Å². The normalized spacial score (nSPS) is 21.9. The maximum Gasteiger partial charge on any atom is 0.134 e. The van der Waals surface area contributed by atoms with Gasteiger partial charge in [-0.25, -0.2) is 9.97 Å². The molecule has 2 rings (SSSR count). The summed E-state index contributed by atoms with van der Waals surface area (Å²) >= 11 is 5.97. The minimum absolute atomic E-state index is 0.526. The van der Waals surface area contributed by atoms with Gasteiger partial charge in [-0.15, -0.1) is 0 Å². The summed E-state index contributed by atoms with van der Waals surface area (Å²) in [7, 11) is 0. The smallest absolute Gasteiger partial charge is 0.134 e. The Morgan fingerprint density at radius 3 is 2.76 bits per heavy atom. The van der Waals surface area contributed by atoms with Crippen LogP contribution in [0.4, 0.5) is 5.82 Å². The number of rotatable bonds is 2. The zero-order valence-corrected chi connectivity index (χ0v) is 11.4. The van der Waals surface area contributed by atoms with Crippen LogP contribution in [0.2, 0.25) is 5.15 Å². The highest BCUT2D eigenvalue weighted by Crippen LogP contribution is 2.19. The quantitative estimate of drug-likeness (QED) is 0.756. The molecule has 0 bridgehead atoms. The van der Waals surface area contributed by atoms with E-state index in [0.717, 1.165) is 37.8 Å². The molecular weight excluding hydrogens is 236 g/mol. The Kier molecular flexibility index (Phi) is 3.84.